The third kappa shape index (κ3) is 1.32. The van der Waals surface area contributed by atoms with E-state index in [1.54, 1.807) is 0 Å². The van der Waals surface area contributed by atoms with Crippen LogP contribution in [0.25, 0.3) is 0 Å². The monoisotopic (exact) mass is 222 g/mol. The zero-order chi connectivity index (χ0) is 10.5. The Morgan fingerprint density at radius 1 is 1.00 bits per heavy atom. The van der Waals surface area contributed by atoms with Crippen molar-refractivity contribution in [2.24, 2.45) is 0 Å². The molecule has 5 rings (SSSR count). The maximum atomic E-state index is 5.84. The zero-order valence-corrected chi connectivity index (χ0v) is 9.51. The molecule has 0 spiro atoms. The highest BCUT2D eigenvalue weighted by atomic mass is 16.5. The maximum absolute atomic E-state index is 5.84. The first-order chi connectivity index (χ1) is 7.90. The highest BCUT2D eigenvalue weighted by molar-refractivity contribution is 5.09. The van der Waals surface area contributed by atoms with Gasteiger partial charge in [-0.25, -0.2) is 0 Å². The summed E-state index contributed by atoms with van der Waals surface area (Å²) < 4.78 is 5.84. The molecular weight excluding hydrogens is 204 g/mol. The lowest BCUT2D eigenvalue weighted by molar-refractivity contribution is -0.229. The lowest BCUT2D eigenvalue weighted by Crippen LogP contribution is -2.75. The second kappa shape index (κ2) is 3.43. The van der Waals surface area contributed by atoms with Crippen LogP contribution in [0.1, 0.15) is 12.8 Å². The van der Waals surface area contributed by atoms with E-state index in [1.807, 2.05) is 0 Å². The molecule has 0 atom stereocenters. The van der Waals surface area contributed by atoms with Crippen LogP contribution in [0, 0.1) is 0 Å². The molecule has 0 N–H and O–H groups in total. The largest absolute Gasteiger partial charge is 0.495 e. The van der Waals surface area contributed by atoms with Crippen LogP contribution in [0.2, 0.25) is 0 Å². The van der Waals surface area contributed by atoms with Gasteiger partial charge in [-0.15, -0.1) is 0 Å². The summed E-state index contributed by atoms with van der Waals surface area (Å²) in [4.78, 5) is 9.97. The molecule has 4 bridgehead atoms. The van der Waals surface area contributed by atoms with Crippen molar-refractivity contribution in [1.29, 1.82) is 0 Å². The summed E-state index contributed by atoms with van der Waals surface area (Å²) in [6.45, 7) is 6.42. The van der Waals surface area contributed by atoms with Gasteiger partial charge in [-0.2, -0.15) is 0 Å². The highest BCUT2D eigenvalue weighted by Gasteiger charge is 2.45. The van der Waals surface area contributed by atoms with E-state index in [-0.39, 0.29) is 0 Å². The van der Waals surface area contributed by atoms with E-state index in [9.17, 15) is 0 Å². The van der Waals surface area contributed by atoms with Gasteiger partial charge in [0.25, 0.3) is 0 Å². The molecule has 0 aliphatic carbocycles. The van der Waals surface area contributed by atoms with Gasteiger partial charge in [-0.05, 0) is 18.9 Å². The third-order valence-corrected chi connectivity index (χ3v) is 3.84. The van der Waals surface area contributed by atoms with Gasteiger partial charge in [0, 0.05) is 0 Å². The van der Waals surface area contributed by atoms with E-state index in [2.05, 4.69) is 25.7 Å². The second-order valence-corrected chi connectivity index (χ2v) is 5.20. The third-order valence-electron chi connectivity index (χ3n) is 3.84. The molecule has 5 aliphatic rings. The molecule has 5 heterocycles. The van der Waals surface area contributed by atoms with E-state index < -0.39 is 0 Å². The molecule has 0 aromatic heterocycles. The first-order valence-electron chi connectivity index (χ1n) is 6.16. The minimum Gasteiger partial charge on any atom is -0.495 e. The predicted octanol–water partition coefficient (Wildman–Crippen LogP) is 0.0431. The minimum absolute atomic E-state index is 0.410. The summed E-state index contributed by atoms with van der Waals surface area (Å²) >= 11 is 0. The maximum Gasteiger partial charge on any atom is 0.125 e. The molecule has 88 valence electrons. The molecule has 0 saturated carbocycles. The summed E-state index contributed by atoms with van der Waals surface area (Å²) in [5.41, 5.74) is 0. The van der Waals surface area contributed by atoms with Crippen molar-refractivity contribution < 1.29 is 4.74 Å². The Morgan fingerprint density at radius 2 is 1.69 bits per heavy atom. The number of hydrogen-bond acceptors (Lipinski definition) is 5. The second-order valence-electron chi connectivity index (χ2n) is 5.20. The smallest absolute Gasteiger partial charge is 0.125 e. The van der Waals surface area contributed by atoms with E-state index in [0.717, 1.165) is 40.0 Å². The molecule has 0 unspecified atom stereocenters. The van der Waals surface area contributed by atoms with Crippen LogP contribution >= 0.6 is 0 Å². The first kappa shape index (κ1) is 9.41. The molecule has 5 nitrogen and oxygen atoms in total. The fourth-order valence-corrected chi connectivity index (χ4v) is 3.32. The molecule has 0 aromatic rings. The fraction of sp³-hybridized carbons (Fsp3) is 0.818. The van der Waals surface area contributed by atoms with Crippen LogP contribution in [0.4, 0.5) is 0 Å². The van der Waals surface area contributed by atoms with Crippen molar-refractivity contribution in [2.75, 3.05) is 40.0 Å². The van der Waals surface area contributed by atoms with Crippen molar-refractivity contribution in [1.82, 2.24) is 19.6 Å². The molecule has 16 heavy (non-hydrogen) atoms. The Labute approximate surface area is 95.8 Å². The van der Waals surface area contributed by atoms with Crippen LogP contribution in [0.3, 0.4) is 0 Å². The standard InChI is InChI=1S/C11H18N4O/c1-2-4-16-10(3-1)11-14-6-12-5-13(8-14)9-15(11)7-12/h3,11H,1-2,4-9H2. The van der Waals surface area contributed by atoms with Crippen LogP contribution in [0.15, 0.2) is 11.8 Å². The topological polar surface area (TPSA) is 22.2 Å². The summed E-state index contributed by atoms with van der Waals surface area (Å²) in [7, 11) is 0. The Hall–Kier alpha value is -0.620. The van der Waals surface area contributed by atoms with Crippen LogP contribution < -0.4 is 0 Å². The van der Waals surface area contributed by atoms with Gasteiger partial charge < -0.3 is 4.74 Å². The van der Waals surface area contributed by atoms with Crippen molar-refractivity contribution in [3.8, 4) is 0 Å². The van der Waals surface area contributed by atoms with Gasteiger partial charge in [0.1, 0.15) is 11.9 Å². The lowest BCUT2D eigenvalue weighted by atomic mass is 10.1. The van der Waals surface area contributed by atoms with Gasteiger partial charge >= 0.3 is 0 Å². The van der Waals surface area contributed by atoms with Gasteiger partial charge in [-0.1, -0.05) is 0 Å². The summed E-state index contributed by atoms with van der Waals surface area (Å²) in [6, 6.07) is 0. The average Bonchev–Trinajstić information content (AvgIpc) is 2.29. The lowest BCUT2D eigenvalue weighted by Gasteiger charge is -2.60. The summed E-state index contributed by atoms with van der Waals surface area (Å²) in [5.74, 6) is 1.20. The molecule has 4 fully saturated rings. The molecule has 5 heteroatoms. The molecule has 5 aliphatic heterocycles. The van der Waals surface area contributed by atoms with Crippen LogP contribution in [0.5, 0.6) is 0 Å². The number of ether oxygens (including phenoxy) is 1. The summed E-state index contributed by atoms with van der Waals surface area (Å²) in [5, 5.41) is 0. The number of hydrogen-bond donors (Lipinski definition) is 0. The summed E-state index contributed by atoms with van der Waals surface area (Å²) in [6.07, 6.45) is 5.06. The first-order valence-corrected chi connectivity index (χ1v) is 6.16. The van der Waals surface area contributed by atoms with Crippen molar-refractivity contribution in [3.63, 3.8) is 0 Å². The normalized spacial score (nSPS) is 50.0. The Bertz CT molecular complexity index is 302. The van der Waals surface area contributed by atoms with Crippen molar-refractivity contribution in [2.45, 2.75) is 19.0 Å². The predicted molar refractivity (Wildman–Crippen MR) is 58.7 cm³/mol. The van der Waals surface area contributed by atoms with Crippen LogP contribution in [-0.2, 0) is 4.74 Å². The van der Waals surface area contributed by atoms with Crippen LogP contribution in [-0.4, -0.2) is 65.7 Å². The Balaban J connectivity index is 1.62. The molecule has 0 amide bonds. The minimum atomic E-state index is 0.410. The van der Waals surface area contributed by atoms with E-state index >= 15 is 0 Å². The van der Waals surface area contributed by atoms with E-state index in [1.165, 1.54) is 18.6 Å². The van der Waals surface area contributed by atoms with Crippen molar-refractivity contribution in [3.05, 3.63) is 11.8 Å². The Morgan fingerprint density at radius 3 is 2.25 bits per heavy atom. The fourth-order valence-electron chi connectivity index (χ4n) is 3.32. The molecule has 0 aromatic carbocycles. The Kier molecular flexibility index (Phi) is 2.02. The zero-order valence-electron chi connectivity index (χ0n) is 9.51. The molecule has 4 saturated heterocycles. The number of nitrogens with zero attached hydrogens (tertiary/aromatic N) is 4. The van der Waals surface area contributed by atoms with Gasteiger partial charge in [0.2, 0.25) is 0 Å². The van der Waals surface area contributed by atoms with Gasteiger partial charge in [-0.3, -0.25) is 19.6 Å². The molecule has 0 radical (unpaired) electrons. The van der Waals surface area contributed by atoms with Gasteiger partial charge in [0.05, 0.1) is 40.0 Å². The van der Waals surface area contributed by atoms with Crippen molar-refractivity contribution >= 4 is 0 Å². The SMILES string of the molecule is C1=C(C2N3CN4CN(C3)CN2C4)OCCC1. The van der Waals surface area contributed by atoms with E-state index in [0.29, 0.717) is 6.17 Å². The highest BCUT2D eigenvalue weighted by Crippen LogP contribution is 2.31. The number of allylic oxidation sites excluding steroid dienone is 1. The molecular formula is C11H18N4O. The van der Waals surface area contributed by atoms with E-state index in [4.69, 9.17) is 4.74 Å². The quantitative estimate of drug-likeness (QED) is 0.623. The number of rotatable bonds is 1. The average molecular weight is 222 g/mol. The van der Waals surface area contributed by atoms with Gasteiger partial charge in [0.15, 0.2) is 0 Å².